The zero-order valence-corrected chi connectivity index (χ0v) is 13.6. The second-order valence-electron chi connectivity index (χ2n) is 4.35. The van der Waals surface area contributed by atoms with E-state index in [4.69, 9.17) is 0 Å². The minimum atomic E-state index is 0.859. The molecule has 0 bridgehead atoms. The van der Waals surface area contributed by atoms with Crippen molar-refractivity contribution in [3.05, 3.63) is 44.7 Å². The van der Waals surface area contributed by atoms with Gasteiger partial charge in [0.2, 0.25) is 0 Å². The molecular formula is C14H18BrN3S. The van der Waals surface area contributed by atoms with Crippen molar-refractivity contribution in [1.82, 2.24) is 10.3 Å². The Morgan fingerprint density at radius 1 is 1.47 bits per heavy atom. The van der Waals surface area contributed by atoms with Gasteiger partial charge in [-0.2, -0.15) is 0 Å². The molecule has 1 N–H and O–H groups in total. The van der Waals surface area contributed by atoms with E-state index in [2.05, 4.69) is 62.6 Å². The maximum absolute atomic E-state index is 4.51. The fourth-order valence-electron chi connectivity index (χ4n) is 1.92. The number of nitrogens with one attached hydrogen (secondary N) is 1. The standard InChI is InChI=1S/C14H18BrN3S/c1-3-16-8-11-5-4-6-17-14(11)18(2)9-13-7-12(15)10-19-13/h4-7,10,16H,3,8-9H2,1-2H3. The van der Waals surface area contributed by atoms with E-state index in [9.17, 15) is 0 Å². The molecule has 0 aliphatic carbocycles. The van der Waals surface area contributed by atoms with Crippen molar-refractivity contribution in [2.75, 3.05) is 18.5 Å². The Balaban J connectivity index is 2.11. The predicted molar refractivity (Wildman–Crippen MR) is 85.7 cm³/mol. The lowest BCUT2D eigenvalue weighted by Gasteiger charge is -2.20. The molecule has 0 radical (unpaired) electrons. The first-order chi connectivity index (χ1) is 9.20. The van der Waals surface area contributed by atoms with E-state index in [1.165, 1.54) is 10.4 Å². The molecule has 0 saturated heterocycles. The molecule has 0 saturated carbocycles. The van der Waals surface area contributed by atoms with Gasteiger partial charge in [-0.15, -0.1) is 11.3 Å². The summed E-state index contributed by atoms with van der Waals surface area (Å²) in [5, 5.41) is 5.47. The number of hydrogen-bond acceptors (Lipinski definition) is 4. The molecule has 0 aromatic carbocycles. The van der Waals surface area contributed by atoms with Crippen LogP contribution < -0.4 is 10.2 Å². The minimum Gasteiger partial charge on any atom is -0.354 e. The van der Waals surface area contributed by atoms with Crippen LogP contribution in [0, 0.1) is 0 Å². The number of hydrogen-bond donors (Lipinski definition) is 1. The number of anilines is 1. The van der Waals surface area contributed by atoms with Crippen LogP contribution in [0.5, 0.6) is 0 Å². The van der Waals surface area contributed by atoms with Crippen molar-refractivity contribution < 1.29 is 0 Å². The molecule has 19 heavy (non-hydrogen) atoms. The van der Waals surface area contributed by atoms with Crippen LogP contribution in [-0.4, -0.2) is 18.6 Å². The molecule has 3 nitrogen and oxygen atoms in total. The molecule has 0 aliphatic heterocycles. The number of rotatable bonds is 6. The molecule has 2 aromatic heterocycles. The summed E-state index contributed by atoms with van der Waals surface area (Å²) in [4.78, 5) is 8.04. The monoisotopic (exact) mass is 339 g/mol. The second kappa shape index (κ2) is 7.03. The van der Waals surface area contributed by atoms with Crippen LogP contribution in [0.15, 0.2) is 34.2 Å². The highest BCUT2D eigenvalue weighted by molar-refractivity contribution is 9.10. The topological polar surface area (TPSA) is 28.2 Å². The molecule has 0 unspecified atom stereocenters. The average molecular weight is 340 g/mol. The van der Waals surface area contributed by atoms with Gasteiger partial charge in [-0.1, -0.05) is 13.0 Å². The Bertz CT molecular complexity index is 527. The van der Waals surface area contributed by atoms with Crippen LogP contribution in [0.1, 0.15) is 17.4 Å². The highest BCUT2D eigenvalue weighted by Gasteiger charge is 2.09. The Morgan fingerprint density at radius 2 is 2.32 bits per heavy atom. The third kappa shape index (κ3) is 4.03. The first-order valence-electron chi connectivity index (χ1n) is 6.29. The SMILES string of the molecule is CCNCc1cccnc1N(C)Cc1cc(Br)cs1. The Morgan fingerprint density at radius 3 is 3.00 bits per heavy atom. The molecule has 2 aromatic rings. The van der Waals surface area contributed by atoms with E-state index in [1.54, 1.807) is 11.3 Å². The van der Waals surface area contributed by atoms with Crippen LogP contribution in [0.2, 0.25) is 0 Å². The lowest BCUT2D eigenvalue weighted by Crippen LogP contribution is -2.21. The van der Waals surface area contributed by atoms with Crippen molar-refractivity contribution in [3.8, 4) is 0 Å². The van der Waals surface area contributed by atoms with E-state index in [-0.39, 0.29) is 0 Å². The second-order valence-corrected chi connectivity index (χ2v) is 6.27. The third-order valence-corrected chi connectivity index (χ3v) is 4.49. The summed E-state index contributed by atoms with van der Waals surface area (Å²) in [6.07, 6.45) is 1.85. The van der Waals surface area contributed by atoms with Crippen molar-refractivity contribution in [2.45, 2.75) is 20.0 Å². The zero-order valence-electron chi connectivity index (χ0n) is 11.2. The lowest BCUT2D eigenvalue weighted by molar-refractivity contribution is 0.719. The van der Waals surface area contributed by atoms with Gasteiger partial charge >= 0.3 is 0 Å². The van der Waals surface area contributed by atoms with Gasteiger partial charge in [0.05, 0.1) is 6.54 Å². The fourth-order valence-corrected chi connectivity index (χ4v) is 3.42. The van der Waals surface area contributed by atoms with Gasteiger partial charge in [0, 0.05) is 40.1 Å². The molecule has 0 fully saturated rings. The van der Waals surface area contributed by atoms with Gasteiger partial charge in [-0.05, 0) is 34.6 Å². The molecule has 2 rings (SSSR count). The first-order valence-corrected chi connectivity index (χ1v) is 7.96. The lowest BCUT2D eigenvalue weighted by atomic mass is 10.2. The Labute approximate surface area is 126 Å². The summed E-state index contributed by atoms with van der Waals surface area (Å²) < 4.78 is 1.15. The van der Waals surface area contributed by atoms with Gasteiger partial charge in [0.15, 0.2) is 0 Å². The van der Waals surface area contributed by atoms with Crippen LogP contribution in [-0.2, 0) is 13.1 Å². The summed E-state index contributed by atoms with van der Waals surface area (Å²) in [5.74, 6) is 1.05. The molecule has 0 amide bonds. The largest absolute Gasteiger partial charge is 0.354 e. The molecule has 0 aliphatic rings. The zero-order chi connectivity index (χ0) is 13.7. The van der Waals surface area contributed by atoms with E-state index >= 15 is 0 Å². The number of thiophene rings is 1. The Hall–Kier alpha value is -0.910. The number of halogens is 1. The molecular weight excluding hydrogens is 322 g/mol. The maximum Gasteiger partial charge on any atom is 0.133 e. The van der Waals surface area contributed by atoms with E-state index in [0.29, 0.717) is 0 Å². The maximum atomic E-state index is 4.51. The first kappa shape index (κ1) is 14.5. The summed E-state index contributed by atoms with van der Waals surface area (Å²) in [6.45, 7) is 4.82. The van der Waals surface area contributed by atoms with Gasteiger partial charge in [-0.3, -0.25) is 0 Å². The number of pyridine rings is 1. The summed E-state index contributed by atoms with van der Waals surface area (Å²) in [5.41, 5.74) is 1.24. The van der Waals surface area contributed by atoms with Crippen molar-refractivity contribution >= 4 is 33.1 Å². The highest BCUT2D eigenvalue weighted by Crippen LogP contribution is 2.23. The van der Waals surface area contributed by atoms with Crippen molar-refractivity contribution in [1.29, 1.82) is 0 Å². The van der Waals surface area contributed by atoms with Crippen LogP contribution in [0.25, 0.3) is 0 Å². The summed E-state index contributed by atoms with van der Waals surface area (Å²) in [6, 6.07) is 6.28. The molecule has 0 atom stereocenters. The number of nitrogens with zero attached hydrogens (tertiary/aromatic N) is 2. The smallest absolute Gasteiger partial charge is 0.133 e. The predicted octanol–water partition coefficient (Wildman–Crippen LogP) is 3.65. The van der Waals surface area contributed by atoms with Crippen molar-refractivity contribution in [3.63, 3.8) is 0 Å². The van der Waals surface area contributed by atoms with Gasteiger partial charge in [0.25, 0.3) is 0 Å². The quantitative estimate of drug-likeness (QED) is 0.870. The highest BCUT2D eigenvalue weighted by atomic mass is 79.9. The van der Waals surface area contributed by atoms with Crippen LogP contribution in [0.4, 0.5) is 5.82 Å². The van der Waals surface area contributed by atoms with Gasteiger partial charge in [0.1, 0.15) is 5.82 Å². The van der Waals surface area contributed by atoms with Crippen LogP contribution >= 0.6 is 27.3 Å². The normalized spacial score (nSPS) is 10.7. The molecule has 2 heterocycles. The van der Waals surface area contributed by atoms with Gasteiger partial charge in [-0.25, -0.2) is 4.98 Å². The number of aromatic nitrogens is 1. The molecule has 0 spiro atoms. The van der Waals surface area contributed by atoms with Gasteiger partial charge < -0.3 is 10.2 Å². The minimum absolute atomic E-state index is 0.859. The average Bonchev–Trinajstić information content (AvgIpc) is 2.82. The fraction of sp³-hybridized carbons (Fsp3) is 0.357. The van der Waals surface area contributed by atoms with E-state index in [1.807, 2.05) is 12.3 Å². The van der Waals surface area contributed by atoms with E-state index in [0.717, 1.165) is 29.9 Å². The summed E-state index contributed by atoms with van der Waals surface area (Å²) >= 11 is 5.26. The van der Waals surface area contributed by atoms with E-state index < -0.39 is 0 Å². The van der Waals surface area contributed by atoms with Crippen molar-refractivity contribution in [2.24, 2.45) is 0 Å². The molecule has 102 valence electrons. The van der Waals surface area contributed by atoms with Crippen LogP contribution in [0.3, 0.4) is 0 Å². The molecule has 5 heteroatoms. The Kier molecular flexibility index (Phi) is 5.36. The summed E-state index contributed by atoms with van der Waals surface area (Å²) in [7, 11) is 2.09. The third-order valence-electron chi connectivity index (χ3n) is 2.81.